The van der Waals surface area contributed by atoms with Crippen LogP contribution in [-0.4, -0.2) is 24.5 Å². The number of halogens is 1. The lowest BCUT2D eigenvalue weighted by atomic mass is 10.2. The number of hydrogen-bond acceptors (Lipinski definition) is 4. The Morgan fingerprint density at radius 3 is 2.70 bits per heavy atom. The molecule has 1 aliphatic rings. The molecule has 2 amide bonds. The van der Waals surface area contributed by atoms with Crippen LogP contribution in [0.15, 0.2) is 52.9 Å². The van der Waals surface area contributed by atoms with Crippen LogP contribution in [0.3, 0.4) is 0 Å². The molecule has 27 heavy (non-hydrogen) atoms. The smallest absolute Gasteiger partial charge is 0.293 e. The summed E-state index contributed by atoms with van der Waals surface area (Å²) in [4.78, 5) is 25.3. The SMILES string of the molecule is O=C(Nc1cccc(Cl)c1)c1oc2ccccc2c1NC(=O)[C@@H]1CCCO1. The molecule has 1 aromatic heterocycles. The van der Waals surface area contributed by atoms with Crippen molar-refractivity contribution < 1.29 is 18.7 Å². The van der Waals surface area contributed by atoms with Crippen molar-refractivity contribution >= 4 is 45.8 Å². The third kappa shape index (κ3) is 3.67. The van der Waals surface area contributed by atoms with E-state index >= 15 is 0 Å². The van der Waals surface area contributed by atoms with E-state index in [0.29, 0.717) is 40.4 Å². The van der Waals surface area contributed by atoms with E-state index < -0.39 is 12.0 Å². The van der Waals surface area contributed by atoms with E-state index in [-0.39, 0.29) is 11.7 Å². The fraction of sp³-hybridized carbons (Fsp3) is 0.200. The van der Waals surface area contributed by atoms with E-state index in [4.69, 9.17) is 20.8 Å². The molecule has 2 N–H and O–H groups in total. The van der Waals surface area contributed by atoms with Gasteiger partial charge in [0.25, 0.3) is 11.8 Å². The second-order valence-corrected chi connectivity index (χ2v) is 6.69. The molecule has 0 bridgehead atoms. The van der Waals surface area contributed by atoms with Gasteiger partial charge < -0.3 is 19.8 Å². The Morgan fingerprint density at radius 1 is 1.07 bits per heavy atom. The van der Waals surface area contributed by atoms with Crippen molar-refractivity contribution in [2.24, 2.45) is 0 Å². The van der Waals surface area contributed by atoms with Gasteiger partial charge in [-0.3, -0.25) is 9.59 Å². The molecule has 6 nitrogen and oxygen atoms in total. The molecule has 0 aliphatic carbocycles. The van der Waals surface area contributed by atoms with Gasteiger partial charge in [0.15, 0.2) is 0 Å². The Bertz CT molecular complexity index is 1010. The van der Waals surface area contributed by atoms with Gasteiger partial charge in [0.2, 0.25) is 5.76 Å². The highest BCUT2D eigenvalue weighted by Gasteiger charge is 2.28. The number of rotatable bonds is 4. The van der Waals surface area contributed by atoms with Gasteiger partial charge in [-0.25, -0.2) is 0 Å². The van der Waals surface area contributed by atoms with Gasteiger partial charge >= 0.3 is 0 Å². The van der Waals surface area contributed by atoms with Crippen LogP contribution in [0.25, 0.3) is 11.0 Å². The first-order valence-corrected chi connectivity index (χ1v) is 9.00. The highest BCUT2D eigenvalue weighted by molar-refractivity contribution is 6.31. The molecule has 1 atom stereocenters. The molecule has 3 aromatic rings. The van der Waals surface area contributed by atoms with Crippen molar-refractivity contribution in [2.75, 3.05) is 17.2 Å². The highest BCUT2D eigenvalue weighted by Crippen LogP contribution is 2.32. The first-order chi connectivity index (χ1) is 13.1. The predicted octanol–water partition coefficient (Wildman–Crippen LogP) is 4.46. The molecule has 138 valence electrons. The lowest BCUT2D eigenvalue weighted by Crippen LogP contribution is -2.27. The van der Waals surface area contributed by atoms with E-state index in [0.717, 1.165) is 6.42 Å². The molecule has 1 saturated heterocycles. The maximum atomic E-state index is 12.8. The summed E-state index contributed by atoms with van der Waals surface area (Å²) in [7, 11) is 0. The number of carbonyl (C=O) groups excluding carboxylic acids is 2. The van der Waals surface area contributed by atoms with Gasteiger partial charge in [-0.2, -0.15) is 0 Å². The minimum Gasteiger partial charge on any atom is -0.449 e. The molecular weight excluding hydrogens is 368 g/mol. The summed E-state index contributed by atoms with van der Waals surface area (Å²) in [5.74, 6) is -0.727. The van der Waals surface area contributed by atoms with Gasteiger partial charge in [0.05, 0.1) is 0 Å². The average molecular weight is 385 g/mol. The minimum absolute atomic E-state index is 0.0301. The van der Waals surface area contributed by atoms with E-state index in [9.17, 15) is 9.59 Å². The highest BCUT2D eigenvalue weighted by atomic mass is 35.5. The zero-order valence-corrected chi connectivity index (χ0v) is 15.1. The second kappa shape index (κ2) is 7.42. The summed E-state index contributed by atoms with van der Waals surface area (Å²) >= 11 is 5.97. The third-order valence-electron chi connectivity index (χ3n) is 4.35. The Balaban J connectivity index is 1.66. The van der Waals surface area contributed by atoms with Crippen LogP contribution in [0.4, 0.5) is 11.4 Å². The molecule has 1 aliphatic heterocycles. The van der Waals surface area contributed by atoms with Crippen molar-refractivity contribution in [3.63, 3.8) is 0 Å². The summed E-state index contributed by atoms with van der Waals surface area (Å²) in [6.45, 7) is 0.562. The van der Waals surface area contributed by atoms with E-state index in [2.05, 4.69) is 10.6 Å². The molecule has 0 unspecified atom stereocenters. The number of nitrogens with one attached hydrogen (secondary N) is 2. The number of anilines is 2. The molecule has 7 heteroatoms. The Morgan fingerprint density at radius 2 is 1.93 bits per heavy atom. The summed E-state index contributed by atoms with van der Waals surface area (Å²) < 4.78 is 11.2. The van der Waals surface area contributed by atoms with Crippen LogP contribution >= 0.6 is 11.6 Å². The van der Waals surface area contributed by atoms with E-state index in [1.54, 1.807) is 42.5 Å². The van der Waals surface area contributed by atoms with Crippen molar-refractivity contribution in [1.29, 1.82) is 0 Å². The van der Waals surface area contributed by atoms with Crippen molar-refractivity contribution in [2.45, 2.75) is 18.9 Å². The first-order valence-electron chi connectivity index (χ1n) is 8.63. The standard InChI is InChI=1S/C20H17ClN2O4/c21-12-5-3-6-13(11-12)22-20(25)18-17(14-7-1-2-8-15(14)27-18)23-19(24)16-9-4-10-26-16/h1-3,5-8,11,16H,4,9-10H2,(H,22,25)(H,23,24)/t16-/m0/s1. The molecule has 0 radical (unpaired) electrons. The van der Waals surface area contributed by atoms with Crippen LogP contribution in [0.2, 0.25) is 5.02 Å². The largest absolute Gasteiger partial charge is 0.449 e. The summed E-state index contributed by atoms with van der Waals surface area (Å²) in [5, 5.41) is 6.71. The lowest BCUT2D eigenvalue weighted by Gasteiger charge is -2.11. The number of furan rings is 1. The molecule has 4 rings (SSSR count). The van der Waals surface area contributed by atoms with Crippen molar-refractivity contribution in [3.05, 3.63) is 59.3 Å². The Kier molecular flexibility index (Phi) is 4.83. The van der Waals surface area contributed by atoms with Crippen LogP contribution in [-0.2, 0) is 9.53 Å². The summed E-state index contributed by atoms with van der Waals surface area (Å²) in [6, 6.07) is 14.0. The van der Waals surface area contributed by atoms with Crippen molar-refractivity contribution in [3.8, 4) is 0 Å². The van der Waals surface area contributed by atoms with Crippen molar-refractivity contribution in [1.82, 2.24) is 0 Å². The van der Waals surface area contributed by atoms with E-state index in [1.807, 2.05) is 6.07 Å². The normalized spacial score (nSPS) is 16.4. The number of ether oxygens (including phenoxy) is 1. The Labute approximate surface area is 160 Å². The number of amides is 2. The molecule has 1 fully saturated rings. The summed E-state index contributed by atoms with van der Waals surface area (Å²) in [5.41, 5.74) is 1.38. The van der Waals surface area contributed by atoms with Crippen LogP contribution in [0.5, 0.6) is 0 Å². The zero-order valence-electron chi connectivity index (χ0n) is 14.3. The molecular formula is C20H17ClN2O4. The van der Waals surface area contributed by atoms with Gasteiger partial charge in [-0.1, -0.05) is 29.8 Å². The fourth-order valence-electron chi connectivity index (χ4n) is 3.07. The second-order valence-electron chi connectivity index (χ2n) is 6.26. The Hall–Kier alpha value is -2.83. The van der Waals surface area contributed by atoms with Gasteiger partial charge in [-0.05, 0) is 43.2 Å². The fourth-order valence-corrected chi connectivity index (χ4v) is 3.26. The molecule has 0 spiro atoms. The van der Waals surface area contributed by atoms with Crippen LogP contribution < -0.4 is 10.6 Å². The average Bonchev–Trinajstić information content (AvgIpc) is 3.30. The molecule has 2 heterocycles. The maximum Gasteiger partial charge on any atom is 0.293 e. The van der Waals surface area contributed by atoms with Gasteiger partial charge in [0, 0.05) is 22.7 Å². The minimum atomic E-state index is -0.512. The third-order valence-corrected chi connectivity index (χ3v) is 4.59. The zero-order chi connectivity index (χ0) is 18.8. The number of hydrogen-bond donors (Lipinski definition) is 2. The quantitative estimate of drug-likeness (QED) is 0.696. The van der Waals surface area contributed by atoms with Crippen LogP contribution in [0.1, 0.15) is 23.4 Å². The predicted molar refractivity (Wildman–Crippen MR) is 103 cm³/mol. The van der Waals surface area contributed by atoms with Gasteiger partial charge in [0.1, 0.15) is 17.4 Å². The van der Waals surface area contributed by atoms with E-state index in [1.165, 1.54) is 0 Å². The van der Waals surface area contributed by atoms with Crippen LogP contribution in [0, 0.1) is 0 Å². The molecule has 2 aromatic carbocycles. The lowest BCUT2D eigenvalue weighted by molar-refractivity contribution is -0.124. The monoisotopic (exact) mass is 384 g/mol. The number of carbonyl (C=O) groups is 2. The maximum absolute atomic E-state index is 12.8. The number of benzene rings is 2. The topological polar surface area (TPSA) is 80.6 Å². The van der Waals surface area contributed by atoms with Gasteiger partial charge in [-0.15, -0.1) is 0 Å². The number of para-hydroxylation sites is 1. The first kappa shape index (κ1) is 17.6. The number of fused-ring (bicyclic) bond motifs is 1. The molecule has 0 saturated carbocycles. The summed E-state index contributed by atoms with van der Waals surface area (Å²) in [6.07, 6.45) is 0.986.